The third-order valence-corrected chi connectivity index (χ3v) is 2.74. The Morgan fingerprint density at radius 1 is 1.33 bits per heavy atom. The molecule has 3 nitrogen and oxygen atoms in total. The van der Waals surface area contributed by atoms with E-state index >= 15 is 0 Å². The fourth-order valence-corrected chi connectivity index (χ4v) is 2.92. The largest absolute Gasteiger partial charge is 0.229 e. The van der Waals surface area contributed by atoms with Gasteiger partial charge in [0, 0.05) is 0 Å². The first-order valence-electron chi connectivity index (χ1n) is 4.13. The topological polar surface area (TPSA) is 60.2 Å². The minimum atomic E-state index is -3.33. The molecule has 0 aliphatic rings. The van der Waals surface area contributed by atoms with E-state index in [2.05, 4.69) is 13.8 Å². The van der Waals surface area contributed by atoms with Gasteiger partial charge in [-0.05, 0) is 17.8 Å². The van der Waals surface area contributed by atoms with Gasteiger partial charge in [-0.2, -0.15) is 0 Å². The molecule has 74 valence electrons. The van der Waals surface area contributed by atoms with Crippen molar-refractivity contribution in [1.29, 1.82) is 0 Å². The van der Waals surface area contributed by atoms with Gasteiger partial charge < -0.3 is 0 Å². The molecule has 0 atom stereocenters. The first-order chi connectivity index (χ1) is 5.12. The Kier molecular flexibility index (Phi) is 3.72. The fraction of sp³-hybridized carbons (Fsp3) is 1.00. The molecule has 0 bridgehead atoms. The molecule has 0 aromatic carbocycles. The Labute approximate surface area is 75.4 Å². The van der Waals surface area contributed by atoms with Gasteiger partial charge in [0.25, 0.3) is 0 Å². The van der Waals surface area contributed by atoms with Gasteiger partial charge in [-0.1, -0.05) is 27.7 Å². The molecule has 0 rings (SSSR count). The van der Waals surface area contributed by atoms with Gasteiger partial charge in [0.15, 0.2) is 0 Å². The van der Waals surface area contributed by atoms with E-state index in [-0.39, 0.29) is 11.2 Å². The normalized spacial score (nSPS) is 13.8. The molecule has 0 aliphatic carbocycles. The molecule has 0 spiro atoms. The van der Waals surface area contributed by atoms with Crippen molar-refractivity contribution in [2.24, 2.45) is 16.5 Å². The van der Waals surface area contributed by atoms with Crippen molar-refractivity contribution in [1.82, 2.24) is 0 Å². The Balaban J connectivity index is 4.23. The van der Waals surface area contributed by atoms with E-state index in [1.54, 1.807) is 0 Å². The van der Waals surface area contributed by atoms with Crippen LogP contribution in [0.15, 0.2) is 0 Å². The third-order valence-electron chi connectivity index (χ3n) is 1.55. The summed E-state index contributed by atoms with van der Waals surface area (Å²) in [5.41, 5.74) is -0.207. The quantitative estimate of drug-likeness (QED) is 0.732. The van der Waals surface area contributed by atoms with E-state index < -0.39 is 10.0 Å². The van der Waals surface area contributed by atoms with Crippen LogP contribution in [0.25, 0.3) is 0 Å². The van der Waals surface area contributed by atoms with E-state index in [1.807, 2.05) is 13.8 Å². The lowest BCUT2D eigenvalue weighted by atomic mass is 9.86. The molecule has 0 aliphatic heterocycles. The monoisotopic (exact) mass is 193 g/mol. The molecule has 0 unspecified atom stereocenters. The van der Waals surface area contributed by atoms with Crippen LogP contribution in [0.3, 0.4) is 0 Å². The molecule has 0 fully saturated rings. The van der Waals surface area contributed by atoms with Crippen LogP contribution in [0.2, 0.25) is 0 Å². The SMILES string of the molecule is CC(C)CC(C)(C)CS(N)(=O)=O. The van der Waals surface area contributed by atoms with E-state index in [9.17, 15) is 8.42 Å². The van der Waals surface area contributed by atoms with E-state index in [0.29, 0.717) is 5.92 Å². The lowest BCUT2D eigenvalue weighted by Crippen LogP contribution is -2.30. The molecule has 0 saturated heterocycles. The number of sulfonamides is 1. The van der Waals surface area contributed by atoms with Crippen molar-refractivity contribution in [3.8, 4) is 0 Å². The highest BCUT2D eigenvalue weighted by molar-refractivity contribution is 7.89. The predicted molar refractivity (Wildman–Crippen MR) is 51.2 cm³/mol. The smallest absolute Gasteiger partial charge is 0.209 e. The minimum Gasteiger partial charge on any atom is -0.229 e. The van der Waals surface area contributed by atoms with Crippen molar-refractivity contribution in [2.45, 2.75) is 34.1 Å². The number of nitrogens with two attached hydrogens (primary N) is 1. The third kappa shape index (κ3) is 6.61. The molecular weight excluding hydrogens is 174 g/mol. The molecule has 0 heterocycles. The maximum Gasteiger partial charge on any atom is 0.209 e. The van der Waals surface area contributed by atoms with Crippen LogP contribution in [0.4, 0.5) is 0 Å². The molecule has 0 saturated carbocycles. The van der Waals surface area contributed by atoms with Crippen LogP contribution in [0.1, 0.15) is 34.1 Å². The Bertz CT molecular complexity index is 229. The molecule has 0 aromatic heterocycles. The van der Waals surface area contributed by atoms with Crippen LogP contribution in [-0.4, -0.2) is 14.2 Å². The predicted octanol–water partition coefficient (Wildman–Crippen LogP) is 1.35. The van der Waals surface area contributed by atoms with Gasteiger partial charge in [-0.25, -0.2) is 13.6 Å². The van der Waals surface area contributed by atoms with Crippen LogP contribution in [0.5, 0.6) is 0 Å². The molecule has 2 N–H and O–H groups in total. The number of hydrogen-bond acceptors (Lipinski definition) is 2. The molecule has 0 amide bonds. The second-order valence-electron chi connectivity index (χ2n) is 4.57. The van der Waals surface area contributed by atoms with Crippen molar-refractivity contribution in [2.75, 3.05) is 5.75 Å². The summed E-state index contributed by atoms with van der Waals surface area (Å²) in [7, 11) is -3.33. The Hall–Kier alpha value is -0.0900. The standard InChI is InChI=1S/C8H19NO2S/c1-7(2)5-8(3,4)6-12(9,10)11/h7H,5-6H2,1-4H3,(H2,9,10,11). The summed E-state index contributed by atoms with van der Waals surface area (Å²) >= 11 is 0. The molecule has 12 heavy (non-hydrogen) atoms. The number of hydrogen-bond donors (Lipinski definition) is 1. The van der Waals surface area contributed by atoms with Crippen molar-refractivity contribution in [3.63, 3.8) is 0 Å². The van der Waals surface area contributed by atoms with Gasteiger partial charge in [-0.3, -0.25) is 0 Å². The summed E-state index contributed by atoms with van der Waals surface area (Å²) in [6, 6.07) is 0. The summed E-state index contributed by atoms with van der Waals surface area (Å²) in [5.74, 6) is 0.569. The van der Waals surface area contributed by atoms with Crippen LogP contribution in [0, 0.1) is 11.3 Å². The zero-order valence-corrected chi connectivity index (χ0v) is 9.11. The Morgan fingerprint density at radius 2 is 1.75 bits per heavy atom. The first-order valence-corrected chi connectivity index (χ1v) is 5.84. The van der Waals surface area contributed by atoms with Crippen molar-refractivity contribution in [3.05, 3.63) is 0 Å². The van der Waals surface area contributed by atoms with E-state index in [4.69, 9.17) is 5.14 Å². The van der Waals surface area contributed by atoms with Gasteiger partial charge in [0.1, 0.15) is 0 Å². The summed E-state index contributed by atoms with van der Waals surface area (Å²) in [6.45, 7) is 8.00. The minimum absolute atomic E-state index is 0.0676. The zero-order chi connectivity index (χ0) is 9.99. The highest BCUT2D eigenvalue weighted by Gasteiger charge is 2.24. The van der Waals surface area contributed by atoms with Gasteiger partial charge >= 0.3 is 0 Å². The van der Waals surface area contributed by atoms with E-state index in [1.165, 1.54) is 0 Å². The van der Waals surface area contributed by atoms with Crippen molar-refractivity contribution >= 4 is 10.0 Å². The maximum absolute atomic E-state index is 10.8. The lowest BCUT2D eigenvalue weighted by molar-refractivity contribution is 0.322. The molecule has 4 heteroatoms. The fourth-order valence-electron chi connectivity index (χ4n) is 1.71. The Morgan fingerprint density at radius 3 is 2.00 bits per heavy atom. The highest BCUT2D eigenvalue weighted by Crippen LogP contribution is 2.26. The van der Waals surface area contributed by atoms with E-state index in [0.717, 1.165) is 6.42 Å². The van der Waals surface area contributed by atoms with Gasteiger partial charge in [0.2, 0.25) is 10.0 Å². The number of rotatable bonds is 4. The summed E-state index contributed by atoms with van der Waals surface area (Å²) in [5, 5.41) is 4.97. The second kappa shape index (κ2) is 3.75. The first kappa shape index (κ1) is 11.9. The number of primary sulfonamides is 1. The molecule has 0 radical (unpaired) electrons. The molecular formula is C8H19NO2S. The maximum atomic E-state index is 10.8. The zero-order valence-electron chi connectivity index (χ0n) is 8.29. The average Bonchev–Trinajstić information content (AvgIpc) is 1.48. The van der Waals surface area contributed by atoms with Crippen LogP contribution >= 0.6 is 0 Å². The summed E-state index contributed by atoms with van der Waals surface area (Å²) < 4.78 is 21.6. The second-order valence-corrected chi connectivity index (χ2v) is 6.18. The average molecular weight is 193 g/mol. The highest BCUT2D eigenvalue weighted by atomic mass is 32.2. The summed E-state index contributed by atoms with van der Waals surface area (Å²) in [4.78, 5) is 0. The summed E-state index contributed by atoms with van der Waals surface area (Å²) in [6.07, 6.45) is 0.878. The van der Waals surface area contributed by atoms with Gasteiger partial charge in [-0.15, -0.1) is 0 Å². The van der Waals surface area contributed by atoms with Crippen LogP contribution in [-0.2, 0) is 10.0 Å². The lowest BCUT2D eigenvalue weighted by Gasteiger charge is -2.25. The van der Waals surface area contributed by atoms with Crippen molar-refractivity contribution < 1.29 is 8.42 Å². The van der Waals surface area contributed by atoms with Crippen LogP contribution < -0.4 is 5.14 Å². The molecule has 0 aromatic rings. The van der Waals surface area contributed by atoms with Gasteiger partial charge in [0.05, 0.1) is 5.75 Å².